The van der Waals surface area contributed by atoms with Crippen LogP contribution in [0.4, 0.5) is 0 Å². The molecule has 1 fully saturated rings. The van der Waals surface area contributed by atoms with Crippen molar-refractivity contribution in [3.63, 3.8) is 0 Å². The number of nitrogens with zero attached hydrogens (tertiary/aromatic N) is 3. The molecular weight excluding hydrogens is 655 g/mol. The van der Waals surface area contributed by atoms with Crippen molar-refractivity contribution in [2.45, 2.75) is 52.0 Å². The molecule has 0 amide bonds. The number of hydrogen-bond donors (Lipinski definition) is 0. The monoisotopic (exact) mass is 688 g/mol. The number of para-hydroxylation sites is 1. The Kier molecular flexibility index (Phi) is 7.98. The average Bonchev–Trinajstić information content (AvgIpc) is 3.62. The minimum atomic E-state index is -0.0833. The van der Waals surface area contributed by atoms with E-state index in [4.69, 9.17) is 4.98 Å². The van der Waals surface area contributed by atoms with E-state index in [-0.39, 0.29) is 25.6 Å². The van der Waals surface area contributed by atoms with Gasteiger partial charge in [-0.25, -0.2) is 0 Å². The Morgan fingerprint density at radius 2 is 1.49 bits per heavy atom. The van der Waals surface area contributed by atoms with Crippen LogP contribution in [0.25, 0.3) is 39.3 Å². The van der Waals surface area contributed by atoms with Crippen molar-refractivity contribution in [3.05, 3.63) is 114 Å². The number of benzene rings is 3. The average molecular weight is 688 g/mol. The van der Waals surface area contributed by atoms with Crippen LogP contribution in [0.15, 0.2) is 91.0 Å². The molecule has 0 N–H and O–H groups in total. The largest absolute Gasteiger partial charge is 0.355 e. The van der Waals surface area contributed by atoms with Gasteiger partial charge in [0.1, 0.15) is 0 Å². The minimum absolute atomic E-state index is 0. The van der Waals surface area contributed by atoms with Gasteiger partial charge in [0, 0.05) is 31.4 Å². The Hall–Kier alpha value is -3.33. The first-order valence-electron chi connectivity index (χ1n) is 13.6. The fraction of sp³-hybridized carbons (Fsp3) is 0.257. The predicted molar refractivity (Wildman–Crippen MR) is 157 cm³/mol. The molecule has 1 radical (unpaired) electrons. The maximum absolute atomic E-state index is 5.01. The molecular formula is C35H33IrN3-2. The summed E-state index contributed by atoms with van der Waals surface area (Å²) in [5.41, 5.74) is 9.38. The third-order valence-electron chi connectivity index (χ3n) is 7.69. The fourth-order valence-corrected chi connectivity index (χ4v) is 5.98. The Morgan fingerprint density at radius 1 is 0.795 bits per heavy atom. The van der Waals surface area contributed by atoms with E-state index in [2.05, 4.69) is 71.9 Å². The van der Waals surface area contributed by atoms with Gasteiger partial charge in [0.25, 0.3) is 0 Å². The van der Waals surface area contributed by atoms with Crippen LogP contribution in [0.3, 0.4) is 0 Å². The molecule has 0 atom stereocenters. The number of allylic oxidation sites excluding steroid dienone is 2. The van der Waals surface area contributed by atoms with Gasteiger partial charge in [0.15, 0.2) is 0 Å². The quantitative estimate of drug-likeness (QED) is 0.178. The summed E-state index contributed by atoms with van der Waals surface area (Å²) < 4.78 is 2.42. The van der Waals surface area contributed by atoms with Crippen LogP contribution < -0.4 is 0 Å². The van der Waals surface area contributed by atoms with Gasteiger partial charge in [-0.05, 0) is 62.9 Å². The molecule has 2 aliphatic rings. The second kappa shape index (κ2) is 11.4. The minimum Gasteiger partial charge on any atom is -0.355 e. The Morgan fingerprint density at radius 3 is 2.15 bits per heavy atom. The van der Waals surface area contributed by atoms with Gasteiger partial charge in [0.2, 0.25) is 0 Å². The van der Waals surface area contributed by atoms with E-state index < -0.39 is 0 Å². The van der Waals surface area contributed by atoms with Crippen molar-refractivity contribution >= 4 is 16.6 Å². The molecule has 1 aliphatic carbocycles. The maximum Gasteiger partial charge on any atom is 0.0777 e. The maximum atomic E-state index is 5.01. The summed E-state index contributed by atoms with van der Waals surface area (Å²) in [6.45, 7) is 6.61. The zero-order valence-electron chi connectivity index (χ0n) is 22.7. The fourth-order valence-electron chi connectivity index (χ4n) is 5.98. The SMILES string of the molecule is CC1(C)C=C(C2CCCC2)c2cccc3nc(-c4[c-]cccc4)n1c23.Cc1cccc(-c2[c-]cccc2)n1.[Ir]. The predicted octanol–water partition coefficient (Wildman–Crippen LogP) is 8.68. The molecule has 2 aromatic heterocycles. The van der Waals surface area contributed by atoms with Gasteiger partial charge in [-0.1, -0.05) is 43.2 Å². The van der Waals surface area contributed by atoms with Gasteiger partial charge in [-0.3, -0.25) is 4.98 Å². The molecule has 5 aromatic rings. The second-order valence-electron chi connectivity index (χ2n) is 10.9. The van der Waals surface area contributed by atoms with Crippen molar-refractivity contribution < 1.29 is 20.1 Å². The van der Waals surface area contributed by atoms with Crippen LogP contribution >= 0.6 is 0 Å². The van der Waals surface area contributed by atoms with E-state index in [0.29, 0.717) is 5.92 Å². The van der Waals surface area contributed by atoms with Gasteiger partial charge in [-0.15, -0.1) is 71.8 Å². The molecule has 1 saturated carbocycles. The number of rotatable bonds is 3. The first-order valence-corrected chi connectivity index (χ1v) is 13.6. The van der Waals surface area contributed by atoms with E-state index in [1.807, 2.05) is 61.5 Å². The molecule has 0 unspecified atom stereocenters. The van der Waals surface area contributed by atoms with E-state index in [1.165, 1.54) is 36.8 Å². The molecule has 199 valence electrons. The number of aromatic nitrogens is 3. The van der Waals surface area contributed by atoms with Gasteiger partial charge >= 0.3 is 0 Å². The first kappa shape index (κ1) is 27.2. The van der Waals surface area contributed by atoms with E-state index in [0.717, 1.165) is 33.9 Å². The van der Waals surface area contributed by atoms with E-state index in [1.54, 1.807) is 5.57 Å². The van der Waals surface area contributed by atoms with Crippen LogP contribution in [0.5, 0.6) is 0 Å². The third-order valence-corrected chi connectivity index (χ3v) is 7.69. The van der Waals surface area contributed by atoms with Crippen molar-refractivity contribution in [2.24, 2.45) is 5.92 Å². The van der Waals surface area contributed by atoms with E-state index in [9.17, 15) is 0 Å². The van der Waals surface area contributed by atoms with Crippen LogP contribution in [-0.4, -0.2) is 14.5 Å². The number of aryl methyl sites for hydroxylation is 1. The van der Waals surface area contributed by atoms with Crippen molar-refractivity contribution in [2.75, 3.05) is 0 Å². The molecule has 0 saturated heterocycles. The van der Waals surface area contributed by atoms with Crippen LogP contribution in [0.2, 0.25) is 0 Å². The standard InChI is InChI=1S/C23H23N2.C12H10N.Ir/c1-23(2)15-19(16-9-6-7-10-16)18-13-8-14-20-21(18)25(23)22(24-20)17-11-4-3-5-12-17;1-10-6-5-9-12(13-10)11-7-3-2-4-8-11;/h3-5,8,11,13-16H,6-7,9-10H2,1-2H3;2-7,9H,1H3;/q2*-1;. The zero-order valence-corrected chi connectivity index (χ0v) is 25.1. The third kappa shape index (κ3) is 5.41. The van der Waals surface area contributed by atoms with Gasteiger partial charge in [0.05, 0.1) is 22.4 Å². The molecule has 3 aromatic carbocycles. The van der Waals surface area contributed by atoms with Crippen LogP contribution in [-0.2, 0) is 25.6 Å². The normalized spacial score (nSPS) is 15.7. The Labute approximate surface area is 245 Å². The molecule has 39 heavy (non-hydrogen) atoms. The van der Waals surface area contributed by atoms with Crippen LogP contribution in [0, 0.1) is 25.0 Å². The summed E-state index contributed by atoms with van der Waals surface area (Å²) in [6, 6.07) is 35.1. The summed E-state index contributed by atoms with van der Waals surface area (Å²) >= 11 is 0. The second-order valence-corrected chi connectivity index (χ2v) is 10.9. The summed E-state index contributed by atoms with van der Waals surface area (Å²) in [4.78, 5) is 9.42. The molecule has 1 aliphatic heterocycles. The first-order chi connectivity index (χ1) is 18.5. The molecule has 0 spiro atoms. The van der Waals surface area contributed by atoms with Crippen molar-refractivity contribution in [1.29, 1.82) is 0 Å². The summed E-state index contributed by atoms with van der Waals surface area (Å²) in [7, 11) is 0. The molecule has 3 nitrogen and oxygen atoms in total. The smallest absolute Gasteiger partial charge is 0.0777 e. The van der Waals surface area contributed by atoms with Crippen molar-refractivity contribution in [1.82, 2.24) is 14.5 Å². The summed E-state index contributed by atoms with van der Waals surface area (Å²) in [6.07, 6.45) is 7.88. The van der Waals surface area contributed by atoms with Gasteiger partial charge < -0.3 is 9.55 Å². The summed E-state index contributed by atoms with van der Waals surface area (Å²) in [5, 5.41) is 0. The molecule has 0 bridgehead atoms. The van der Waals surface area contributed by atoms with Crippen molar-refractivity contribution in [3.8, 4) is 22.6 Å². The summed E-state index contributed by atoms with van der Waals surface area (Å²) in [5.74, 6) is 1.73. The topological polar surface area (TPSA) is 30.7 Å². The number of hydrogen-bond acceptors (Lipinski definition) is 2. The zero-order chi connectivity index (χ0) is 26.1. The van der Waals surface area contributed by atoms with Gasteiger partial charge in [-0.2, -0.15) is 0 Å². The molecule has 4 heteroatoms. The molecule has 7 rings (SSSR count). The Balaban J connectivity index is 0.000000187. The Bertz CT molecular complexity index is 1590. The van der Waals surface area contributed by atoms with Crippen LogP contribution in [0.1, 0.15) is 50.8 Å². The van der Waals surface area contributed by atoms with E-state index >= 15 is 0 Å². The number of imidazole rings is 1. The molecule has 3 heterocycles. The number of pyridine rings is 1.